The molecule has 0 radical (unpaired) electrons. The summed E-state index contributed by atoms with van der Waals surface area (Å²) in [7, 11) is 1.69. The highest BCUT2D eigenvalue weighted by Gasteiger charge is 2.22. The zero-order chi connectivity index (χ0) is 12.8. The summed E-state index contributed by atoms with van der Waals surface area (Å²) in [6.07, 6.45) is 5.79. The second-order valence-corrected chi connectivity index (χ2v) is 4.90. The second-order valence-electron chi connectivity index (χ2n) is 4.90. The van der Waals surface area contributed by atoms with Crippen molar-refractivity contribution < 1.29 is 14.7 Å². The summed E-state index contributed by atoms with van der Waals surface area (Å²) in [6, 6.07) is -0.916. The first-order valence-electron chi connectivity index (χ1n) is 6.23. The molecular formula is C12H22N2O3. The van der Waals surface area contributed by atoms with Crippen LogP contribution in [0.3, 0.4) is 0 Å². The summed E-state index contributed by atoms with van der Waals surface area (Å²) in [5.74, 6) is -0.582. The van der Waals surface area contributed by atoms with Gasteiger partial charge >= 0.3 is 5.97 Å². The van der Waals surface area contributed by atoms with Crippen LogP contribution in [-0.4, -0.2) is 41.5 Å². The maximum Gasteiger partial charge on any atom is 0.305 e. The van der Waals surface area contributed by atoms with Crippen molar-refractivity contribution in [3.63, 3.8) is 0 Å². The van der Waals surface area contributed by atoms with Gasteiger partial charge in [-0.15, -0.1) is 0 Å². The molecular weight excluding hydrogens is 220 g/mol. The van der Waals surface area contributed by atoms with Crippen molar-refractivity contribution in [2.45, 2.75) is 44.6 Å². The van der Waals surface area contributed by atoms with Gasteiger partial charge in [-0.25, -0.2) is 0 Å². The van der Waals surface area contributed by atoms with Gasteiger partial charge in [0.15, 0.2) is 0 Å². The monoisotopic (exact) mass is 242 g/mol. The van der Waals surface area contributed by atoms with Crippen LogP contribution in [0.1, 0.15) is 38.5 Å². The summed E-state index contributed by atoms with van der Waals surface area (Å²) < 4.78 is 0. The molecule has 1 rings (SSSR count). The largest absolute Gasteiger partial charge is 0.481 e. The Bertz CT molecular complexity index is 275. The first kappa shape index (κ1) is 14.0. The molecule has 0 aromatic rings. The van der Waals surface area contributed by atoms with Gasteiger partial charge in [0.05, 0.1) is 12.5 Å². The Morgan fingerprint density at radius 1 is 1.41 bits per heavy atom. The van der Waals surface area contributed by atoms with Gasteiger partial charge in [-0.1, -0.05) is 25.7 Å². The number of amides is 1. The van der Waals surface area contributed by atoms with Crippen LogP contribution >= 0.6 is 0 Å². The summed E-state index contributed by atoms with van der Waals surface area (Å²) in [5.41, 5.74) is 5.53. The van der Waals surface area contributed by atoms with E-state index in [0.29, 0.717) is 6.54 Å². The van der Waals surface area contributed by atoms with E-state index in [0.717, 1.165) is 12.3 Å². The number of carbonyl (C=O) groups excluding carboxylic acids is 1. The van der Waals surface area contributed by atoms with Crippen LogP contribution in [0.25, 0.3) is 0 Å². The molecule has 1 fully saturated rings. The molecule has 0 heterocycles. The maximum absolute atomic E-state index is 11.7. The van der Waals surface area contributed by atoms with Crippen LogP contribution in [0.4, 0.5) is 0 Å². The van der Waals surface area contributed by atoms with Gasteiger partial charge in [0.25, 0.3) is 0 Å². The predicted octanol–water partition coefficient (Wildman–Crippen LogP) is 0.827. The number of likely N-dealkylation sites (N-methyl/N-ethyl adjacent to an activating group) is 1. The smallest absolute Gasteiger partial charge is 0.305 e. The fraction of sp³-hybridized carbons (Fsp3) is 0.833. The summed E-state index contributed by atoms with van der Waals surface area (Å²) >= 11 is 0. The SMILES string of the molecule is CN(CCC1CCCC1)C(=O)C(N)CC(=O)O. The van der Waals surface area contributed by atoms with E-state index in [1.54, 1.807) is 11.9 Å². The molecule has 0 aromatic heterocycles. The molecule has 5 heteroatoms. The Morgan fingerprint density at radius 3 is 2.53 bits per heavy atom. The van der Waals surface area contributed by atoms with Crippen LogP contribution in [0.2, 0.25) is 0 Å². The van der Waals surface area contributed by atoms with Gasteiger partial charge in [0, 0.05) is 13.6 Å². The van der Waals surface area contributed by atoms with Crippen molar-refractivity contribution >= 4 is 11.9 Å². The lowest BCUT2D eigenvalue weighted by Gasteiger charge is -2.22. The number of carboxylic acids is 1. The molecule has 1 saturated carbocycles. The Morgan fingerprint density at radius 2 is 2.00 bits per heavy atom. The number of nitrogens with zero attached hydrogens (tertiary/aromatic N) is 1. The minimum absolute atomic E-state index is 0.273. The van der Waals surface area contributed by atoms with Gasteiger partial charge in [0.1, 0.15) is 0 Å². The van der Waals surface area contributed by atoms with Crippen molar-refractivity contribution in [2.24, 2.45) is 11.7 Å². The molecule has 0 saturated heterocycles. The topological polar surface area (TPSA) is 83.6 Å². The molecule has 17 heavy (non-hydrogen) atoms. The normalized spacial score (nSPS) is 18.0. The molecule has 0 aromatic carbocycles. The number of carboxylic acid groups (broad SMARTS) is 1. The van der Waals surface area contributed by atoms with E-state index in [9.17, 15) is 9.59 Å². The second kappa shape index (κ2) is 6.59. The molecule has 98 valence electrons. The number of aliphatic carboxylic acids is 1. The first-order chi connectivity index (χ1) is 8.00. The van der Waals surface area contributed by atoms with E-state index in [1.165, 1.54) is 25.7 Å². The Balaban J connectivity index is 2.27. The Kier molecular flexibility index (Phi) is 5.41. The third kappa shape index (κ3) is 4.73. The minimum Gasteiger partial charge on any atom is -0.481 e. The maximum atomic E-state index is 11.7. The average molecular weight is 242 g/mol. The van der Waals surface area contributed by atoms with Crippen molar-refractivity contribution in [3.05, 3.63) is 0 Å². The molecule has 1 aliphatic rings. The standard InChI is InChI=1S/C12H22N2O3/c1-14(7-6-9-4-2-3-5-9)12(17)10(13)8-11(15)16/h9-10H,2-8,13H2,1H3,(H,15,16). The zero-order valence-corrected chi connectivity index (χ0v) is 10.4. The van der Waals surface area contributed by atoms with Crippen molar-refractivity contribution in [1.82, 2.24) is 4.90 Å². The van der Waals surface area contributed by atoms with E-state index < -0.39 is 12.0 Å². The van der Waals surface area contributed by atoms with Crippen molar-refractivity contribution in [1.29, 1.82) is 0 Å². The summed E-state index contributed by atoms with van der Waals surface area (Å²) in [4.78, 5) is 23.7. The van der Waals surface area contributed by atoms with E-state index in [1.807, 2.05) is 0 Å². The predicted molar refractivity (Wildman–Crippen MR) is 64.4 cm³/mol. The van der Waals surface area contributed by atoms with Gasteiger partial charge in [-0.3, -0.25) is 9.59 Å². The van der Waals surface area contributed by atoms with Gasteiger partial charge in [-0.05, 0) is 12.3 Å². The molecule has 1 unspecified atom stereocenters. The van der Waals surface area contributed by atoms with Crippen LogP contribution in [0.5, 0.6) is 0 Å². The molecule has 5 nitrogen and oxygen atoms in total. The quantitative estimate of drug-likeness (QED) is 0.722. The first-order valence-corrected chi connectivity index (χ1v) is 6.23. The Hall–Kier alpha value is -1.10. The summed E-state index contributed by atoms with van der Waals surface area (Å²) in [5, 5.41) is 8.57. The molecule has 0 spiro atoms. The lowest BCUT2D eigenvalue weighted by molar-refractivity contribution is -0.141. The number of carbonyl (C=O) groups is 2. The fourth-order valence-electron chi connectivity index (χ4n) is 2.34. The third-order valence-corrected chi connectivity index (χ3v) is 3.44. The van der Waals surface area contributed by atoms with Crippen molar-refractivity contribution in [2.75, 3.05) is 13.6 Å². The van der Waals surface area contributed by atoms with Crippen LogP contribution in [0, 0.1) is 5.92 Å². The summed E-state index contributed by atoms with van der Waals surface area (Å²) in [6.45, 7) is 0.677. The minimum atomic E-state index is -1.03. The van der Waals surface area contributed by atoms with Gasteiger partial charge in [-0.2, -0.15) is 0 Å². The highest BCUT2D eigenvalue weighted by molar-refractivity contribution is 5.85. The highest BCUT2D eigenvalue weighted by atomic mass is 16.4. The van der Waals surface area contributed by atoms with E-state index in [2.05, 4.69) is 0 Å². The molecule has 1 aliphatic carbocycles. The van der Waals surface area contributed by atoms with Gasteiger partial charge < -0.3 is 15.7 Å². The van der Waals surface area contributed by atoms with E-state index in [4.69, 9.17) is 10.8 Å². The van der Waals surface area contributed by atoms with Crippen LogP contribution in [-0.2, 0) is 9.59 Å². The van der Waals surface area contributed by atoms with E-state index in [-0.39, 0.29) is 12.3 Å². The zero-order valence-electron chi connectivity index (χ0n) is 10.4. The lowest BCUT2D eigenvalue weighted by atomic mass is 10.0. The average Bonchev–Trinajstić information content (AvgIpc) is 2.76. The molecule has 0 aliphatic heterocycles. The van der Waals surface area contributed by atoms with Crippen LogP contribution in [0.15, 0.2) is 0 Å². The van der Waals surface area contributed by atoms with Crippen molar-refractivity contribution in [3.8, 4) is 0 Å². The highest BCUT2D eigenvalue weighted by Crippen LogP contribution is 2.27. The van der Waals surface area contributed by atoms with Gasteiger partial charge in [0.2, 0.25) is 5.91 Å². The molecule has 1 atom stereocenters. The molecule has 1 amide bonds. The fourth-order valence-corrected chi connectivity index (χ4v) is 2.34. The van der Waals surface area contributed by atoms with E-state index >= 15 is 0 Å². The van der Waals surface area contributed by atoms with Crippen LogP contribution < -0.4 is 5.73 Å². The number of hydrogen-bond acceptors (Lipinski definition) is 3. The lowest BCUT2D eigenvalue weighted by Crippen LogP contribution is -2.43. The number of hydrogen-bond donors (Lipinski definition) is 2. The Labute approximate surface area is 102 Å². The molecule has 0 bridgehead atoms. The third-order valence-electron chi connectivity index (χ3n) is 3.44. The number of nitrogens with two attached hydrogens (primary N) is 1. The number of rotatable bonds is 6. The molecule has 3 N–H and O–H groups in total.